The Balaban J connectivity index is 1.83. The fraction of sp³-hybridized carbons (Fsp3) is 0.455. The zero-order chi connectivity index (χ0) is 21.0. The van der Waals surface area contributed by atoms with Crippen LogP contribution in [0.5, 0.6) is 0 Å². The van der Waals surface area contributed by atoms with Gasteiger partial charge in [0.05, 0.1) is 11.7 Å². The van der Waals surface area contributed by atoms with Gasteiger partial charge in [-0.3, -0.25) is 14.4 Å². The standard InChI is InChI=1S/C22H26N2O3S2/c1-14-8-9-18(25)7-5-4-6-17-13-28-20(24-17)16(3)23-19(26)12-22(11-10-14)15(2)21(27)29-22/h4-8,13,15-16H,9-12H2,1-3H3,(H,23,26)/b6-4-,7-5+,14-8+/t15-,16+,22+/m0/s1. The van der Waals surface area contributed by atoms with Gasteiger partial charge < -0.3 is 5.32 Å². The van der Waals surface area contributed by atoms with Gasteiger partial charge in [0.1, 0.15) is 5.01 Å². The number of carbonyl (C=O) groups excluding carboxylic acids is 3. The van der Waals surface area contributed by atoms with E-state index in [2.05, 4.69) is 10.3 Å². The zero-order valence-electron chi connectivity index (χ0n) is 16.9. The number of hydrogen-bond acceptors (Lipinski definition) is 6. The van der Waals surface area contributed by atoms with E-state index in [-0.39, 0.29) is 33.5 Å². The number of thiazole rings is 1. The summed E-state index contributed by atoms with van der Waals surface area (Å²) in [4.78, 5) is 41.3. The van der Waals surface area contributed by atoms with E-state index >= 15 is 0 Å². The third-order valence-electron chi connectivity index (χ3n) is 5.45. The molecule has 1 amide bonds. The van der Waals surface area contributed by atoms with E-state index in [9.17, 15) is 14.4 Å². The topological polar surface area (TPSA) is 76.1 Å². The lowest BCUT2D eigenvalue weighted by molar-refractivity contribution is -0.124. The molecular formula is C22H26N2O3S2. The first kappa shape index (κ1) is 21.7. The number of nitrogens with one attached hydrogen (secondary N) is 1. The Morgan fingerprint density at radius 3 is 2.66 bits per heavy atom. The molecule has 0 saturated carbocycles. The summed E-state index contributed by atoms with van der Waals surface area (Å²) in [5.74, 6) is -0.163. The highest BCUT2D eigenvalue weighted by Gasteiger charge is 2.52. The minimum atomic E-state index is -0.373. The smallest absolute Gasteiger partial charge is 0.221 e. The maximum absolute atomic E-state index is 12.7. The number of hydrogen-bond donors (Lipinski definition) is 1. The second-order valence-corrected chi connectivity index (χ2v) is 10.0. The Kier molecular flexibility index (Phi) is 6.90. The number of thioether (sulfide) groups is 1. The lowest BCUT2D eigenvalue weighted by Gasteiger charge is -2.45. The van der Waals surface area contributed by atoms with Gasteiger partial charge in [0.15, 0.2) is 10.9 Å². The molecule has 2 bridgehead atoms. The van der Waals surface area contributed by atoms with E-state index in [1.165, 1.54) is 23.1 Å². The molecule has 5 nitrogen and oxygen atoms in total. The van der Waals surface area contributed by atoms with Crippen LogP contribution in [0.15, 0.2) is 35.3 Å². The van der Waals surface area contributed by atoms with Gasteiger partial charge in [-0.15, -0.1) is 11.3 Å². The zero-order valence-corrected chi connectivity index (χ0v) is 18.6. The summed E-state index contributed by atoms with van der Waals surface area (Å²) in [6, 6.07) is -0.194. The van der Waals surface area contributed by atoms with Crippen LogP contribution in [0.3, 0.4) is 0 Å². The molecule has 1 aromatic heterocycles. The number of aromatic nitrogens is 1. The molecule has 1 saturated heterocycles. The van der Waals surface area contributed by atoms with Crippen LogP contribution in [-0.2, 0) is 14.4 Å². The van der Waals surface area contributed by atoms with Crippen molar-refractivity contribution in [3.05, 3.63) is 46.0 Å². The molecule has 0 aromatic carbocycles. The molecule has 2 aliphatic rings. The summed E-state index contributed by atoms with van der Waals surface area (Å²) >= 11 is 2.79. The van der Waals surface area contributed by atoms with Crippen LogP contribution in [0, 0.1) is 5.92 Å². The van der Waals surface area contributed by atoms with Gasteiger partial charge in [0.25, 0.3) is 0 Å². The van der Waals surface area contributed by atoms with Crippen LogP contribution in [0.2, 0.25) is 0 Å². The third-order valence-corrected chi connectivity index (χ3v) is 8.16. The summed E-state index contributed by atoms with van der Waals surface area (Å²) in [5.41, 5.74) is 1.91. The lowest BCUT2D eigenvalue weighted by Crippen LogP contribution is -2.50. The van der Waals surface area contributed by atoms with Crippen LogP contribution >= 0.6 is 23.1 Å². The summed E-state index contributed by atoms with van der Waals surface area (Å²) in [7, 11) is 0. The molecule has 0 radical (unpaired) electrons. The van der Waals surface area contributed by atoms with Crippen molar-refractivity contribution in [3.8, 4) is 0 Å². The van der Waals surface area contributed by atoms with Gasteiger partial charge in [-0.25, -0.2) is 4.98 Å². The van der Waals surface area contributed by atoms with Crippen molar-refractivity contribution in [2.45, 2.75) is 57.2 Å². The van der Waals surface area contributed by atoms with Gasteiger partial charge in [0, 0.05) is 28.9 Å². The minimum Gasteiger partial charge on any atom is -0.347 e. The number of amides is 1. The van der Waals surface area contributed by atoms with Crippen LogP contribution in [0.1, 0.15) is 63.2 Å². The Morgan fingerprint density at radius 1 is 1.17 bits per heavy atom. The van der Waals surface area contributed by atoms with Crippen molar-refractivity contribution in [1.82, 2.24) is 10.3 Å². The van der Waals surface area contributed by atoms with Crippen LogP contribution < -0.4 is 5.32 Å². The monoisotopic (exact) mass is 430 g/mol. The van der Waals surface area contributed by atoms with E-state index < -0.39 is 0 Å². The maximum Gasteiger partial charge on any atom is 0.221 e. The molecule has 3 heterocycles. The highest BCUT2D eigenvalue weighted by molar-refractivity contribution is 8.17. The fourth-order valence-electron chi connectivity index (χ4n) is 3.45. The molecule has 29 heavy (non-hydrogen) atoms. The van der Waals surface area contributed by atoms with Crippen molar-refractivity contribution in [1.29, 1.82) is 0 Å². The summed E-state index contributed by atoms with van der Waals surface area (Å²) in [5, 5.41) is 5.94. The van der Waals surface area contributed by atoms with Crippen molar-refractivity contribution in [3.63, 3.8) is 0 Å². The molecule has 0 unspecified atom stereocenters. The predicted molar refractivity (Wildman–Crippen MR) is 119 cm³/mol. The largest absolute Gasteiger partial charge is 0.347 e. The van der Waals surface area contributed by atoms with Crippen molar-refractivity contribution in [2.24, 2.45) is 5.92 Å². The number of rotatable bonds is 0. The predicted octanol–water partition coefficient (Wildman–Crippen LogP) is 4.63. The number of fused-ring (bicyclic) bond motifs is 2. The molecule has 1 spiro atoms. The van der Waals surface area contributed by atoms with Crippen LogP contribution in [0.25, 0.3) is 6.08 Å². The van der Waals surface area contributed by atoms with Crippen molar-refractivity contribution >= 4 is 46.0 Å². The molecule has 2 aliphatic heterocycles. The Hall–Kier alpha value is -1.99. The van der Waals surface area contributed by atoms with Gasteiger partial charge in [-0.1, -0.05) is 42.5 Å². The molecule has 154 valence electrons. The number of carbonyl (C=O) groups is 3. The lowest BCUT2D eigenvalue weighted by atomic mass is 9.83. The second kappa shape index (κ2) is 9.22. The van der Waals surface area contributed by atoms with Gasteiger partial charge in [0.2, 0.25) is 5.91 Å². The second-order valence-electron chi connectivity index (χ2n) is 7.72. The summed E-state index contributed by atoms with van der Waals surface area (Å²) in [6.07, 6.45) is 11.0. The SMILES string of the molecule is C/C1=C\CC(=O)/C=C/C=C\c2csc(n2)[C@@H](C)NC(=O)C[C@@]2(CC1)SC(=O)[C@@H]2C. The molecule has 3 atom stereocenters. The van der Waals surface area contributed by atoms with Crippen LogP contribution in [0.4, 0.5) is 0 Å². The highest BCUT2D eigenvalue weighted by atomic mass is 32.2. The van der Waals surface area contributed by atoms with E-state index in [1.807, 2.05) is 38.3 Å². The molecule has 1 N–H and O–H groups in total. The van der Waals surface area contributed by atoms with Crippen molar-refractivity contribution in [2.75, 3.05) is 0 Å². The van der Waals surface area contributed by atoms with Gasteiger partial charge in [-0.2, -0.15) is 0 Å². The van der Waals surface area contributed by atoms with E-state index in [0.717, 1.165) is 29.1 Å². The fourth-order valence-corrected chi connectivity index (χ4v) is 5.55. The van der Waals surface area contributed by atoms with E-state index in [4.69, 9.17) is 0 Å². The van der Waals surface area contributed by atoms with E-state index in [0.29, 0.717) is 12.8 Å². The first-order valence-electron chi connectivity index (χ1n) is 9.80. The maximum atomic E-state index is 12.7. The summed E-state index contributed by atoms with van der Waals surface area (Å²) < 4.78 is -0.373. The average Bonchev–Trinajstić information content (AvgIpc) is 3.16. The number of ketones is 1. The van der Waals surface area contributed by atoms with Gasteiger partial charge >= 0.3 is 0 Å². The molecule has 0 aliphatic carbocycles. The molecule has 1 fully saturated rings. The normalized spacial score (nSPS) is 33.1. The van der Waals surface area contributed by atoms with Crippen LogP contribution in [-0.4, -0.2) is 26.5 Å². The summed E-state index contributed by atoms with van der Waals surface area (Å²) in [6.45, 7) is 5.83. The Morgan fingerprint density at radius 2 is 1.93 bits per heavy atom. The first-order chi connectivity index (χ1) is 13.8. The van der Waals surface area contributed by atoms with Gasteiger partial charge in [-0.05, 0) is 38.8 Å². The Labute approximate surface area is 179 Å². The highest BCUT2D eigenvalue weighted by Crippen LogP contribution is 2.53. The third kappa shape index (κ3) is 5.34. The average molecular weight is 431 g/mol. The Bertz CT molecular complexity index is 900. The molecule has 7 heteroatoms. The number of nitrogens with zero attached hydrogens (tertiary/aromatic N) is 1. The first-order valence-corrected chi connectivity index (χ1v) is 11.5. The molecular weight excluding hydrogens is 404 g/mol. The quantitative estimate of drug-likeness (QED) is 0.608. The van der Waals surface area contributed by atoms with Crippen molar-refractivity contribution < 1.29 is 14.4 Å². The number of allylic oxidation sites excluding steroid dienone is 5. The molecule has 1 aromatic rings. The minimum absolute atomic E-state index is 0.0401. The van der Waals surface area contributed by atoms with E-state index in [1.54, 1.807) is 18.2 Å². The molecule has 3 rings (SSSR count).